The van der Waals surface area contributed by atoms with Crippen LogP contribution in [0.5, 0.6) is 5.75 Å². The van der Waals surface area contributed by atoms with E-state index >= 15 is 0 Å². The van der Waals surface area contributed by atoms with Gasteiger partial charge in [-0.1, -0.05) is 59.2 Å². The van der Waals surface area contributed by atoms with Gasteiger partial charge in [-0.2, -0.15) is 0 Å². The van der Waals surface area contributed by atoms with Gasteiger partial charge in [0.1, 0.15) is 23.4 Å². The molecule has 0 N–H and O–H groups in total. The average Bonchev–Trinajstić information content (AvgIpc) is 3.20. The van der Waals surface area contributed by atoms with Gasteiger partial charge in [-0.05, 0) is 73.9 Å². The topological polar surface area (TPSA) is 83.1 Å². The predicted octanol–water partition coefficient (Wildman–Crippen LogP) is 7.19. The van der Waals surface area contributed by atoms with Crippen LogP contribution in [0.1, 0.15) is 33.3 Å². The summed E-state index contributed by atoms with van der Waals surface area (Å²) in [7, 11) is 0. The van der Waals surface area contributed by atoms with Crippen LogP contribution in [0.25, 0.3) is 5.69 Å². The van der Waals surface area contributed by atoms with E-state index in [1.807, 2.05) is 48.7 Å². The summed E-state index contributed by atoms with van der Waals surface area (Å²) in [6.07, 6.45) is 0. The molecule has 3 aromatic carbocycles. The Morgan fingerprint density at radius 1 is 1.00 bits per heavy atom. The summed E-state index contributed by atoms with van der Waals surface area (Å²) >= 11 is 13.5. The fraction of sp³-hybridized carbons (Fsp3) is 0.231. The molecule has 1 atom stereocenters. The largest absolute Gasteiger partial charge is 0.489 e. The van der Waals surface area contributed by atoms with Crippen LogP contribution in [-0.2, 0) is 6.61 Å². The van der Waals surface area contributed by atoms with E-state index in [9.17, 15) is 10.1 Å². The van der Waals surface area contributed by atoms with E-state index < -0.39 is 5.25 Å². The number of ether oxygens (including phenoxy) is 1. The molecule has 0 unspecified atom stereocenters. The quantitative estimate of drug-likeness (QED) is 0.126. The highest BCUT2D eigenvalue weighted by Crippen LogP contribution is 2.37. The first-order valence-corrected chi connectivity index (χ1v) is 12.8. The zero-order chi connectivity index (χ0) is 25.8. The molecule has 10 heteroatoms. The molecule has 7 nitrogen and oxygen atoms in total. The Morgan fingerprint density at radius 2 is 1.75 bits per heavy atom. The van der Waals surface area contributed by atoms with Crippen molar-refractivity contribution in [1.82, 2.24) is 14.8 Å². The van der Waals surface area contributed by atoms with E-state index in [4.69, 9.17) is 27.9 Å². The fourth-order valence-corrected chi connectivity index (χ4v) is 5.27. The monoisotopic (exact) mass is 542 g/mol. The highest BCUT2D eigenvalue weighted by atomic mass is 35.5. The molecule has 0 fully saturated rings. The van der Waals surface area contributed by atoms with Crippen LogP contribution in [0.2, 0.25) is 10.0 Å². The molecular formula is C26H24Cl2N4O3S. The number of nitrogens with zero attached hydrogens (tertiary/aromatic N) is 4. The minimum atomic E-state index is -0.464. The first kappa shape index (κ1) is 26.0. The number of benzene rings is 3. The minimum Gasteiger partial charge on any atom is -0.489 e. The van der Waals surface area contributed by atoms with Crippen LogP contribution < -0.4 is 4.74 Å². The van der Waals surface area contributed by atoms with Gasteiger partial charge in [0.25, 0.3) is 0 Å². The summed E-state index contributed by atoms with van der Waals surface area (Å²) in [6.45, 7) is 5.99. The first-order valence-electron chi connectivity index (χ1n) is 11.2. The average molecular weight is 543 g/mol. The minimum absolute atomic E-state index is 0.260. The lowest BCUT2D eigenvalue weighted by molar-refractivity contribution is -0.479. The number of halogens is 2. The third-order valence-electron chi connectivity index (χ3n) is 5.77. The Morgan fingerprint density at radius 3 is 2.42 bits per heavy atom. The Kier molecular flexibility index (Phi) is 8.18. The maximum absolute atomic E-state index is 11.5. The van der Waals surface area contributed by atoms with Crippen molar-refractivity contribution in [3.05, 3.63) is 109 Å². The van der Waals surface area contributed by atoms with Crippen molar-refractivity contribution in [3.8, 4) is 11.4 Å². The molecule has 1 aromatic heterocycles. The molecule has 36 heavy (non-hydrogen) atoms. The summed E-state index contributed by atoms with van der Waals surface area (Å²) in [5.41, 5.74) is 4.86. The van der Waals surface area contributed by atoms with Crippen LogP contribution >= 0.6 is 35.0 Å². The van der Waals surface area contributed by atoms with Gasteiger partial charge in [0.05, 0.1) is 0 Å². The predicted molar refractivity (Wildman–Crippen MR) is 143 cm³/mol. The summed E-state index contributed by atoms with van der Waals surface area (Å²) in [4.78, 5) is 11.2. The second kappa shape index (κ2) is 11.3. The second-order valence-corrected chi connectivity index (χ2v) is 10.4. The molecule has 0 aliphatic rings. The molecule has 0 saturated carbocycles. The number of hydrogen-bond acceptors (Lipinski definition) is 6. The molecule has 0 spiro atoms. The molecule has 0 bridgehead atoms. The molecule has 0 amide bonds. The molecule has 4 rings (SSSR count). The first-order chi connectivity index (χ1) is 17.2. The lowest BCUT2D eigenvalue weighted by Crippen LogP contribution is -2.11. The van der Waals surface area contributed by atoms with E-state index in [0.29, 0.717) is 26.8 Å². The Bertz CT molecular complexity index is 1390. The molecule has 0 aliphatic carbocycles. The molecule has 4 aromatic rings. The van der Waals surface area contributed by atoms with Gasteiger partial charge in [-0.25, -0.2) is 0 Å². The van der Waals surface area contributed by atoms with Crippen molar-refractivity contribution in [2.75, 3.05) is 6.54 Å². The zero-order valence-electron chi connectivity index (χ0n) is 19.9. The number of rotatable bonds is 9. The van der Waals surface area contributed by atoms with Crippen molar-refractivity contribution in [3.63, 3.8) is 0 Å². The van der Waals surface area contributed by atoms with Gasteiger partial charge in [0.2, 0.25) is 6.54 Å². The van der Waals surface area contributed by atoms with E-state index in [1.54, 1.807) is 24.3 Å². The Balaban J connectivity index is 1.54. The third kappa shape index (κ3) is 6.19. The van der Waals surface area contributed by atoms with Gasteiger partial charge in [0, 0.05) is 26.2 Å². The van der Waals surface area contributed by atoms with E-state index in [-0.39, 0.29) is 18.1 Å². The van der Waals surface area contributed by atoms with Crippen LogP contribution in [0.3, 0.4) is 0 Å². The maximum Gasteiger partial charge on any atom is 0.220 e. The van der Waals surface area contributed by atoms with Crippen molar-refractivity contribution in [2.24, 2.45) is 0 Å². The highest BCUT2D eigenvalue weighted by molar-refractivity contribution is 7.99. The van der Waals surface area contributed by atoms with Crippen molar-refractivity contribution >= 4 is 35.0 Å². The number of nitro groups is 1. The molecular weight excluding hydrogens is 519 g/mol. The SMILES string of the molecule is Cc1ccc(-n2c(C)nnc2S[C@H](C[N+](=O)[O-])c2ccc(OCc3ccc(Cl)cc3Cl)cc2)cc1C. The fourth-order valence-electron chi connectivity index (χ4n) is 3.63. The number of hydrogen-bond donors (Lipinski definition) is 0. The molecule has 0 radical (unpaired) electrons. The molecule has 0 aliphatic heterocycles. The maximum atomic E-state index is 11.5. The Hall–Kier alpha value is -3.07. The molecule has 0 saturated heterocycles. The lowest BCUT2D eigenvalue weighted by Gasteiger charge is -2.15. The van der Waals surface area contributed by atoms with E-state index in [2.05, 4.69) is 23.2 Å². The van der Waals surface area contributed by atoms with Crippen molar-refractivity contribution < 1.29 is 9.66 Å². The van der Waals surface area contributed by atoms with Crippen LogP contribution in [0.15, 0.2) is 65.8 Å². The van der Waals surface area contributed by atoms with E-state index in [0.717, 1.165) is 22.4 Å². The standard InChI is InChI=1S/C26H24Cl2N4O3S/c1-16-4-9-22(12-17(16)2)32-18(3)29-30-26(32)36-25(14-31(33)34)19-6-10-23(11-7-19)35-15-20-5-8-21(27)13-24(20)28/h4-13,25H,14-15H2,1-3H3/t25-/m1/s1. The Labute approximate surface area is 223 Å². The smallest absolute Gasteiger partial charge is 0.220 e. The molecule has 1 heterocycles. The van der Waals surface area contributed by atoms with Gasteiger partial charge >= 0.3 is 0 Å². The van der Waals surface area contributed by atoms with Gasteiger partial charge in [-0.15, -0.1) is 10.2 Å². The van der Waals surface area contributed by atoms with Crippen molar-refractivity contribution in [2.45, 2.75) is 37.8 Å². The van der Waals surface area contributed by atoms with Gasteiger partial charge < -0.3 is 4.74 Å². The number of aromatic nitrogens is 3. The van der Waals surface area contributed by atoms with Crippen molar-refractivity contribution in [1.29, 1.82) is 0 Å². The number of thioether (sulfide) groups is 1. The van der Waals surface area contributed by atoms with Gasteiger partial charge in [-0.3, -0.25) is 14.7 Å². The van der Waals surface area contributed by atoms with Crippen LogP contribution in [0, 0.1) is 30.9 Å². The summed E-state index contributed by atoms with van der Waals surface area (Å²) in [6, 6.07) is 18.6. The number of aryl methyl sites for hydroxylation is 3. The van der Waals surface area contributed by atoms with Gasteiger partial charge in [0.15, 0.2) is 5.16 Å². The highest BCUT2D eigenvalue weighted by Gasteiger charge is 2.24. The molecule has 186 valence electrons. The lowest BCUT2D eigenvalue weighted by atomic mass is 10.1. The third-order valence-corrected chi connectivity index (χ3v) is 7.54. The van der Waals surface area contributed by atoms with Crippen LogP contribution in [0.4, 0.5) is 0 Å². The van der Waals surface area contributed by atoms with E-state index in [1.165, 1.54) is 17.3 Å². The summed E-state index contributed by atoms with van der Waals surface area (Å²) < 4.78 is 7.78. The zero-order valence-corrected chi connectivity index (χ0v) is 22.3. The van der Waals surface area contributed by atoms with Crippen LogP contribution in [-0.4, -0.2) is 26.2 Å². The summed E-state index contributed by atoms with van der Waals surface area (Å²) in [5.74, 6) is 1.34. The summed E-state index contributed by atoms with van der Waals surface area (Å²) in [5, 5.41) is 21.3. The normalized spacial score (nSPS) is 11.9. The second-order valence-electron chi connectivity index (χ2n) is 8.35.